The van der Waals surface area contributed by atoms with E-state index < -0.39 is 0 Å². The van der Waals surface area contributed by atoms with E-state index in [0.717, 1.165) is 18.8 Å². The number of methoxy groups -OCH3 is 1. The van der Waals surface area contributed by atoms with Crippen molar-refractivity contribution in [3.8, 4) is 0 Å². The smallest absolute Gasteiger partial charge is 0.0637 e. The van der Waals surface area contributed by atoms with Crippen LogP contribution in [-0.4, -0.2) is 38.3 Å². The van der Waals surface area contributed by atoms with Crippen molar-refractivity contribution in [2.45, 2.75) is 0 Å². The summed E-state index contributed by atoms with van der Waals surface area (Å²) < 4.78 is 5.04. The lowest BCUT2D eigenvalue weighted by Crippen LogP contribution is -2.32. The van der Waals surface area contributed by atoms with Gasteiger partial charge in [0.1, 0.15) is 0 Å². The Bertz CT molecular complexity index is 240. The van der Waals surface area contributed by atoms with Crippen LogP contribution in [0.3, 0.4) is 0 Å². The van der Waals surface area contributed by atoms with E-state index in [1.54, 1.807) is 19.5 Å². The van der Waals surface area contributed by atoms with Crippen molar-refractivity contribution < 1.29 is 4.74 Å². The first-order chi connectivity index (χ1) is 6.88. The molecule has 2 N–H and O–H groups in total. The summed E-state index contributed by atoms with van der Waals surface area (Å²) in [5.74, 6) is 0. The van der Waals surface area contributed by atoms with Gasteiger partial charge in [0.15, 0.2) is 0 Å². The molecule has 0 saturated heterocycles. The van der Waals surface area contributed by atoms with Crippen LogP contribution in [0.1, 0.15) is 0 Å². The van der Waals surface area contributed by atoms with Crippen molar-refractivity contribution >= 4 is 5.69 Å². The minimum Gasteiger partial charge on any atom is -0.383 e. The third-order valence-corrected chi connectivity index (χ3v) is 1.99. The normalized spacial score (nSPS) is 10.1. The van der Waals surface area contributed by atoms with Crippen LogP contribution in [0.15, 0.2) is 24.5 Å². The largest absolute Gasteiger partial charge is 0.383 e. The van der Waals surface area contributed by atoms with Crippen LogP contribution in [0.4, 0.5) is 5.69 Å². The van der Waals surface area contributed by atoms with Gasteiger partial charge in [0.2, 0.25) is 0 Å². The maximum atomic E-state index is 5.54. The van der Waals surface area contributed by atoms with Crippen LogP contribution in [0.25, 0.3) is 0 Å². The number of nitrogens with zero attached hydrogens (tertiary/aromatic N) is 2. The van der Waals surface area contributed by atoms with E-state index in [-0.39, 0.29) is 0 Å². The fourth-order valence-electron chi connectivity index (χ4n) is 1.28. The summed E-state index contributed by atoms with van der Waals surface area (Å²) in [4.78, 5) is 6.16. The van der Waals surface area contributed by atoms with E-state index in [0.29, 0.717) is 13.2 Å². The van der Waals surface area contributed by atoms with Crippen LogP contribution in [0, 0.1) is 0 Å². The molecular formula is C10H17N3O. The molecule has 1 rings (SSSR count). The van der Waals surface area contributed by atoms with Gasteiger partial charge in [-0.05, 0) is 12.1 Å². The average Bonchev–Trinajstić information content (AvgIpc) is 2.25. The van der Waals surface area contributed by atoms with E-state index in [1.807, 2.05) is 12.1 Å². The molecule has 1 aromatic rings. The Morgan fingerprint density at radius 1 is 1.36 bits per heavy atom. The molecule has 0 aliphatic carbocycles. The van der Waals surface area contributed by atoms with Gasteiger partial charge in [-0.3, -0.25) is 4.98 Å². The molecular weight excluding hydrogens is 178 g/mol. The molecule has 0 amide bonds. The predicted molar refractivity (Wildman–Crippen MR) is 57.4 cm³/mol. The molecule has 14 heavy (non-hydrogen) atoms. The standard InChI is InChI=1S/C10H17N3O/c1-14-9-8-13(7-4-11)10-2-5-12-6-3-10/h2-3,5-6H,4,7-9,11H2,1H3. The second kappa shape index (κ2) is 6.34. The topological polar surface area (TPSA) is 51.4 Å². The van der Waals surface area contributed by atoms with Gasteiger partial charge in [-0.15, -0.1) is 0 Å². The highest BCUT2D eigenvalue weighted by atomic mass is 16.5. The first-order valence-corrected chi connectivity index (χ1v) is 4.72. The highest BCUT2D eigenvalue weighted by molar-refractivity contribution is 5.44. The maximum absolute atomic E-state index is 5.54. The van der Waals surface area contributed by atoms with Crippen molar-refractivity contribution in [3.63, 3.8) is 0 Å². The van der Waals surface area contributed by atoms with E-state index in [2.05, 4.69) is 9.88 Å². The molecule has 0 aliphatic rings. The lowest BCUT2D eigenvalue weighted by Gasteiger charge is -2.23. The molecule has 0 spiro atoms. The Morgan fingerprint density at radius 3 is 2.64 bits per heavy atom. The zero-order valence-electron chi connectivity index (χ0n) is 8.52. The van der Waals surface area contributed by atoms with Crippen LogP contribution >= 0.6 is 0 Å². The Labute approximate surface area is 84.7 Å². The van der Waals surface area contributed by atoms with Gasteiger partial charge in [0, 0.05) is 44.8 Å². The lowest BCUT2D eigenvalue weighted by molar-refractivity contribution is 0.205. The lowest BCUT2D eigenvalue weighted by atomic mass is 10.3. The molecule has 1 aromatic heterocycles. The summed E-state index contributed by atoms with van der Waals surface area (Å²) in [6.45, 7) is 3.06. The molecule has 0 saturated carbocycles. The summed E-state index contributed by atoms with van der Waals surface area (Å²) in [7, 11) is 1.70. The molecule has 4 nitrogen and oxygen atoms in total. The predicted octanol–water partition coefficient (Wildman–Crippen LogP) is 0.493. The van der Waals surface area contributed by atoms with Crippen molar-refractivity contribution in [1.29, 1.82) is 0 Å². The van der Waals surface area contributed by atoms with Gasteiger partial charge in [-0.1, -0.05) is 0 Å². The number of hydrogen-bond acceptors (Lipinski definition) is 4. The van der Waals surface area contributed by atoms with Crippen molar-refractivity contribution in [3.05, 3.63) is 24.5 Å². The summed E-state index contributed by atoms with van der Waals surface area (Å²) in [6.07, 6.45) is 3.57. The van der Waals surface area contributed by atoms with E-state index in [9.17, 15) is 0 Å². The summed E-state index contributed by atoms with van der Waals surface area (Å²) >= 11 is 0. The number of aromatic nitrogens is 1. The van der Waals surface area contributed by atoms with Crippen LogP contribution in [-0.2, 0) is 4.74 Å². The van der Waals surface area contributed by atoms with E-state index in [1.165, 1.54) is 0 Å². The van der Waals surface area contributed by atoms with Gasteiger partial charge in [-0.25, -0.2) is 0 Å². The van der Waals surface area contributed by atoms with Crippen LogP contribution < -0.4 is 10.6 Å². The number of rotatable bonds is 6. The number of anilines is 1. The minimum atomic E-state index is 0.645. The molecule has 0 aliphatic heterocycles. The molecule has 0 aromatic carbocycles. The Hall–Kier alpha value is -1.13. The first-order valence-electron chi connectivity index (χ1n) is 4.72. The monoisotopic (exact) mass is 195 g/mol. The number of pyridine rings is 1. The second-order valence-corrected chi connectivity index (χ2v) is 2.97. The minimum absolute atomic E-state index is 0.645. The summed E-state index contributed by atoms with van der Waals surface area (Å²) in [5.41, 5.74) is 6.68. The molecule has 0 unspecified atom stereocenters. The number of nitrogens with two attached hydrogens (primary N) is 1. The average molecular weight is 195 g/mol. The third-order valence-electron chi connectivity index (χ3n) is 1.99. The maximum Gasteiger partial charge on any atom is 0.0637 e. The van der Waals surface area contributed by atoms with Gasteiger partial charge in [0.05, 0.1) is 6.61 Å². The molecule has 78 valence electrons. The molecule has 1 heterocycles. The van der Waals surface area contributed by atoms with Crippen LogP contribution in [0.2, 0.25) is 0 Å². The van der Waals surface area contributed by atoms with Gasteiger partial charge in [-0.2, -0.15) is 0 Å². The molecule has 0 radical (unpaired) electrons. The summed E-state index contributed by atoms with van der Waals surface area (Å²) in [5, 5.41) is 0. The second-order valence-electron chi connectivity index (χ2n) is 2.97. The van der Waals surface area contributed by atoms with Gasteiger partial charge < -0.3 is 15.4 Å². The zero-order chi connectivity index (χ0) is 10.2. The SMILES string of the molecule is COCCN(CCN)c1ccncc1. The van der Waals surface area contributed by atoms with Crippen molar-refractivity contribution in [2.24, 2.45) is 5.73 Å². The number of ether oxygens (including phenoxy) is 1. The Kier molecular flexibility index (Phi) is 4.96. The fourth-order valence-corrected chi connectivity index (χ4v) is 1.28. The van der Waals surface area contributed by atoms with Crippen molar-refractivity contribution in [2.75, 3.05) is 38.3 Å². The van der Waals surface area contributed by atoms with Crippen molar-refractivity contribution in [1.82, 2.24) is 4.98 Å². The van der Waals surface area contributed by atoms with E-state index in [4.69, 9.17) is 10.5 Å². The highest BCUT2D eigenvalue weighted by Gasteiger charge is 2.03. The third kappa shape index (κ3) is 3.32. The number of hydrogen-bond donors (Lipinski definition) is 1. The fraction of sp³-hybridized carbons (Fsp3) is 0.500. The molecule has 0 atom stereocenters. The first kappa shape index (κ1) is 10.9. The molecule has 0 bridgehead atoms. The summed E-state index contributed by atoms with van der Waals surface area (Å²) in [6, 6.07) is 3.96. The Balaban J connectivity index is 2.58. The Morgan fingerprint density at radius 2 is 2.07 bits per heavy atom. The molecule has 0 fully saturated rings. The van der Waals surface area contributed by atoms with Crippen LogP contribution in [0.5, 0.6) is 0 Å². The van der Waals surface area contributed by atoms with E-state index >= 15 is 0 Å². The van der Waals surface area contributed by atoms with Gasteiger partial charge >= 0.3 is 0 Å². The highest BCUT2D eigenvalue weighted by Crippen LogP contribution is 2.10. The van der Waals surface area contributed by atoms with Gasteiger partial charge in [0.25, 0.3) is 0 Å². The molecule has 4 heteroatoms. The quantitative estimate of drug-likeness (QED) is 0.718. The zero-order valence-corrected chi connectivity index (χ0v) is 8.52.